The number of aliphatic imine (C=N–C) groups is 1. The lowest BCUT2D eigenvalue weighted by atomic mass is 10.1. The van der Waals surface area contributed by atoms with Crippen LogP contribution in [0, 0.1) is 0 Å². The highest BCUT2D eigenvalue weighted by molar-refractivity contribution is 5.95. The predicted octanol–water partition coefficient (Wildman–Crippen LogP) is 3.01. The molecule has 0 bridgehead atoms. The highest BCUT2D eigenvalue weighted by atomic mass is 15.0. The number of nitrogens with zero attached hydrogens (tertiary/aromatic N) is 4. The maximum Gasteiger partial charge on any atom is 0.135 e. The molecule has 5 nitrogen and oxygen atoms in total. The lowest BCUT2D eigenvalue weighted by Crippen LogP contribution is -2.03. The first kappa shape index (κ1) is 14.1. The van der Waals surface area contributed by atoms with E-state index in [4.69, 9.17) is 5.73 Å². The fourth-order valence-electron chi connectivity index (χ4n) is 2.06. The van der Waals surface area contributed by atoms with Gasteiger partial charge in [-0.2, -0.15) is 0 Å². The minimum absolute atomic E-state index is 0.498. The van der Waals surface area contributed by atoms with Crippen molar-refractivity contribution in [1.29, 1.82) is 0 Å². The van der Waals surface area contributed by atoms with Gasteiger partial charge in [-0.1, -0.05) is 13.0 Å². The summed E-state index contributed by atoms with van der Waals surface area (Å²) in [6.45, 7) is 5.90. The summed E-state index contributed by atoms with van der Waals surface area (Å²) in [5.41, 5.74) is 8.34. The van der Waals surface area contributed by atoms with Crippen LogP contribution in [0.3, 0.4) is 0 Å². The molecule has 0 amide bonds. The molecule has 2 aromatic heterocycles. The molecule has 0 radical (unpaired) electrons. The van der Waals surface area contributed by atoms with Crippen molar-refractivity contribution in [2.45, 2.75) is 33.6 Å². The average Bonchev–Trinajstić information content (AvgIpc) is 2.45. The summed E-state index contributed by atoms with van der Waals surface area (Å²) in [4.78, 5) is 17.7. The van der Waals surface area contributed by atoms with E-state index in [2.05, 4.69) is 26.9 Å². The number of hydrogen-bond acceptors (Lipinski definition) is 5. The molecule has 0 saturated heterocycles. The zero-order valence-corrected chi connectivity index (χ0v) is 12.1. The number of hydrogen-bond donors (Lipinski definition) is 1. The molecule has 20 heavy (non-hydrogen) atoms. The Balaban J connectivity index is 2.72. The number of aromatic nitrogens is 3. The van der Waals surface area contributed by atoms with Gasteiger partial charge in [0.2, 0.25) is 0 Å². The molecule has 0 atom stereocenters. The number of anilines is 1. The lowest BCUT2D eigenvalue weighted by molar-refractivity contribution is 0.846. The fraction of sp³-hybridized carbons (Fsp3) is 0.333. The molecule has 0 aromatic carbocycles. The summed E-state index contributed by atoms with van der Waals surface area (Å²) >= 11 is 0. The summed E-state index contributed by atoms with van der Waals surface area (Å²) in [6.07, 6.45) is 7.15. The molecule has 2 N–H and O–H groups in total. The van der Waals surface area contributed by atoms with Crippen molar-refractivity contribution < 1.29 is 0 Å². The summed E-state index contributed by atoms with van der Waals surface area (Å²) in [5.74, 6) is 1.25. The topological polar surface area (TPSA) is 77.0 Å². The van der Waals surface area contributed by atoms with Crippen molar-refractivity contribution >= 4 is 28.6 Å². The van der Waals surface area contributed by atoms with Crippen LogP contribution in [-0.2, 0) is 6.42 Å². The van der Waals surface area contributed by atoms with Crippen LogP contribution in [0.25, 0.3) is 16.6 Å². The number of nitrogen functional groups attached to an aromatic ring is 1. The SMILES string of the molecule is C/C=N\C(=C/C)c1nccc2c(N)nc(CCC)nc12. The van der Waals surface area contributed by atoms with Gasteiger partial charge in [0.25, 0.3) is 0 Å². The first-order valence-electron chi connectivity index (χ1n) is 6.77. The maximum absolute atomic E-state index is 6.03. The van der Waals surface area contributed by atoms with Gasteiger partial charge >= 0.3 is 0 Å². The van der Waals surface area contributed by atoms with E-state index in [9.17, 15) is 0 Å². The molecule has 0 fully saturated rings. The summed E-state index contributed by atoms with van der Waals surface area (Å²) in [5, 5.41) is 0.820. The molecular weight excluding hydrogens is 250 g/mol. The second-order valence-electron chi connectivity index (χ2n) is 4.39. The fourth-order valence-corrected chi connectivity index (χ4v) is 2.06. The third kappa shape index (κ3) is 2.66. The van der Waals surface area contributed by atoms with Crippen LogP contribution in [0.4, 0.5) is 5.82 Å². The van der Waals surface area contributed by atoms with Crippen LogP contribution < -0.4 is 5.73 Å². The van der Waals surface area contributed by atoms with Crippen molar-refractivity contribution in [1.82, 2.24) is 15.0 Å². The number of nitrogens with two attached hydrogens (primary N) is 1. The zero-order chi connectivity index (χ0) is 14.5. The van der Waals surface area contributed by atoms with E-state index >= 15 is 0 Å². The van der Waals surface area contributed by atoms with Crippen LogP contribution >= 0.6 is 0 Å². The Hall–Kier alpha value is -2.30. The van der Waals surface area contributed by atoms with Gasteiger partial charge in [-0.25, -0.2) is 9.97 Å². The molecule has 0 unspecified atom stereocenters. The van der Waals surface area contributed by atoms with Gasteiger partial charge in [-0.05, 0) is 26.3 Å². The zero-order valence-electron chi connectivity index (χ0n) is 12.1. The van der Waals surface area contributed by atoms with E-state index in [0.717, 1.165) is 41.0 Å². The Morgan fingerprint density at radius 2 is 2.15 bits per heavy atom. The maximum atomic E-state index is 6.03. The van der Waals surface area contributed by atoms with E-state index in [0.29, 0.717) is 5.82 Å². The van der Waals surface area contributed by atoms with Gasteiger partial charge in [0.05, 0.1) is 5.70 Å². The van der Waals surface area contributed by atoms with E-state index in [1.807, 2.05) is 26.0 Å². The second-order valence-corrected chi connectivity index (χ2v) is 4.39. The van der Waals surface area contributed by atoms with E-state index in [-0.39, 0.29) is 0 Å². The highest BCUT2D eigenvalue weighted by Crippen LogP contribution is 2.25. The average molecular weight is 269 g/mol. The quantitative estimate of drug-likeness (QED) is 0.865. The number of fused-ring (bicyclic) bond motifs is 1. The molecule has 2 heterocycles. The van der Waals surface area contributed by atoms with Crippen LogP contribution in [0.15, 0.2) is 23.3 Å². The molecule has 2 aromatic rings. The van der Waals surface area contributed by atoms with Gasteiger partial charge in [-0.15, -0.1) is 0 Å². The van der Waals surface area contributed by atoms with Crippen molar-refractivity contribution in [3.8, 4) is 0 Å². The first-order valence-corrected chi connectivity index (χ1v) is 6.77. The van der Waals surface area contributed by atoms with Gasteiger partial charge < -0.3 is 5.73 Å². The largest absolute Gasteiger partial charge is 0.383 e. The normalized spacial score (nSPS) is 12.4. The van der Waals surface area contributed by atoms with Crippen molar-refractivity contribution in [3.05, 3.63) is 29.9 Å². The van der Waals surface area contributed by atoms with Crippen LogP contribution in [0.5, 0.6) is 0 Å². The molecule has 0 aliphatic carbocycles. The molecule has 0 aliphatic heterocycles. The number of rotatable bonds is 4. The molecule has 0 saturated carbocycles. The monoisotopic (exact) mass is 269 g/mol. The van der Waals surface area contributed by atoms with Crippen LogP contribution in [-0.4, -0.2) is 21.2 Å². The Kier molecular flexibility index (Phi) is 4.40. The molecule has 104 valence electrons. The predicted molar refractivity (Wildman–Crippen MR) is 83.6 cm³/mol. The molecule has 2 rings (SSSR count). The third-order valence-corrected chi connectivity index (χ3v) is 2.95. The minimum atomic E-state index is 0.498. The van der Waals surface area contributed by atoms with Gasteiger partial charge in [-0.3, -0.25) is 9.98 Å². The number of pyridine rings is 1. The Morgan fingerprint density at radius 3 is 2.80 bits per heavy atom. The highest BCUT2D eigenvalue weighted by Gasteiger charge is 2.12. The molecule has 0 aliphatic rings. The third-order valence-electron chi connectivity index (χ3n) is 2.95. The van der Waals surface area contributed by atoms with Gasteiger partial charge in [0.1, 0.15) is 22.9 Å². The molecule has 0 spiro atoms. The van der Waals surface area contributed by atoms with E-state index in [1.54, 1.807) is 12.4 Å². The lowest BCUT2D eigenvalue weighted by Gasteiger charge is -2.08. The summed E-state index contributed by atoms with van der Waals surface area (Å²) < 4.78 is 0. The minimum Gasteiger partial charge on any atom is -0.383 e. The summed E-state index contributed by atoms with van der Waals surface area (Å²) in [6, 6.07) is 1.84. The molecule has 5 heteroatoms. The Labute approximate surface area is 118 Å². The molecular formula is C15H19N5. The summed E-state index contributed by atoms with van der Waals surface area (Å²) in [7, 11) is 0. The first-order chi connectivity index (χ1) is 9.71. The Bertz CT molecular complexity index is 673. The van der Waals surface area contributed by atoms with Crippen LogP contribution in [0.2, 0.25) is 0 Å². The van der Waals surface area contributed by atoms with Crippen molar-refractivity contribution in [3.63, 3.8) is 0 Å². The van der Waals surface area contributed by atoms with E-state index in [1.165, 1.54) is 0 Å². The Morgan fingerprint density at radius 1 is 1.35 bits per heavy atom. The van der Waals surface area contributed by atoms with Crippen molar-refractivity contribution in [2.24, 2.45) is 4.99 Å². The second kappa shape index (κ2) is 6.23. The van der Waals surface area contributed by atoms with Crippen LogP contribution in [0.1, 0.15) is 38.7 Å². The van der Waals surface area contributed by atoms with Crippen molar-refractivity contribution in [2.75, 3.05) is 5.73 Å². The standard InChI is InChI=1S/C15H19N5/c1-4-7-12-19-13-10(15(16)20-12)8-9-18-14(13)11(5-2)17-6-3/h5-6,8-9H,4,7H2,1-3H3,(H2,16,19,20)/b11-5-,17-6-. The van der Waals surface area contributed by atoms with Gasteiger partial charge in [0.15, 0.2) is 0 Å². The van der Waals surface area contributed by atoms with Gasteiger partial charge in [0, 0.05) is 24.2 Å². The smallest absolute Gasteiger partial charge is 0.135 e. The van der Waals surface area contributed by atoms with E-state index < -0.39 is 0 Å². The number of allylic oxidation sites excluding steroid dienone is 1. The number of aryl methyl sites for hydroxylation is 1.